The molecule has 0 saturated carbocycles. The fourth-order valence-corrected chi connectivity index (χ4v) is 3.18. The minimum atomic E-state index is -0.247. The molecule has 144 valence electrons. The van der Waals surface area contributed by atoms with Crippen LogP contribution in [-0.4, -0.2) is 48.9 Å². The highest BCUT2D eigenvalue weighted by atomic mass is 16.2. The van der Waals surface area contributed by atoms with Crippen LogP contribution in [0, 0.1) is 11.8 Å². The fraction of sp³-hybridized carbons (Fsp3) is 0.600. The molecule has 3 N–H and O–H groups in total. The van der Waals surface area contributed by atoms with E-state index in [1.807, 2.05) is 19.9 Å². The van der Waals surface area contributed by atoms with Gasteiger partial charge in [-0.3, -0.25) is 9.59 Å². The standard InChI is InChI=1S/C20H32N4O2/c1-6-24(7-2)12-14(5)11-21-19(25)15-8-9-16-17(10-15)23-20(26)18(22-16)13(3)4/h8-10,13-14,18,22H,6-7,11-12H2,1-5H3,(H,21,25)(H,23,26)/t14-,18-/m0/s1. The maximum absolute atomic E-state index is 12.5. The van der Waals surface area contributed by atoms with E-state index in [4.69, 9.17) is 0 Å². The Morgan fingerprint density at radius 2 is 1.88 bits per heavy atom. The molecule has 2 amide bonds. The fourth-order valence-electron chi connectivity index (χ4n) is 3.18. The number of carbonyl (C=O) groups is 2. The summed E-state index contributed by atoms with van der Waals surface area (Å²) in [5, 5.41) is 9.15. The minimum Gasteiger partial charge on any atom is -0.372 e. The predicted octanol–water partition coefficient (Wildman–Crippen LogP) is 2.78. The van der Waals surface area contributed by atoms with E-state index in [1.54, 1.807) is 12.1 Å². The first kappa shape index (κ1) is 20.2. The smallest absolute Gasteiger partial charge is 0.251 e. The molecule has 1 heterocycles. The Morgan fingerprint density at radius 3 is 2.50 bits per heavy atom. The summed E-state index contributed by atoms with van der Waals surface area (Å²) >= 11 is 0. The molecular formula is C20H32N4O2. The van der Waals surface area contributed by atoms with Crippen LogP contribution >= 0.6 is 0 Å². The summed E-state index contributed by atoms with van der Waals surface area (Å²) in [5.74, 6) is 0.403. The van der Waals surface area contributed by atoms with E-state index >= 15 is 0 Å². The van der Waals surface area contributed by atoms with Crippen LogP contribution in [0.25, 0.3) is 0 Å². The Bertz CT molecular complexity index is 641. The number of anilines is 2. The monoisotopic (exact) mass is 360 g/mol. The maximum Gasteiger partial charge on any atom is 0.251 e. The highest BCUT2D eigenvalue weighted by Gasteiger charge is 2.28. The molecule has 0 bridgehead atoms. The van der Waals surface area contributed by atoms with Crippen LogP contribution in [0.3, 0.4) is 0 Å². The van der Waals surface area contributed by atoms with Crippen LogP contribution < -0.4 is 16.0 Å². The van der Waals surface area contributed by atoms with E-state index in [1.165, 1.54) is 0 Å². The molecule has 0 radical (unpaired) electrons. The Morgan fingerprint density at radius 1 is 1.19 bits per heavy atom. The highest BCUT2D eigenvalue weighted by Crippen LogP contribution is 2.29. The molecular weight excluding hydrogens is 328 g/mol. The van der Waals surface area contributed by atoms with Gasteiger partial charge < -0.3 is 20.9 Å². The molecule has 0 saturated heterocycles. The average molecular weight is 361 g/mol. The summed E-state index contributed by atoms with van der Waals surface area (Å²) in [5.41, 5.74) is 2.08. The third-order valence-corrected chi connectivity index (χ3v) is 4.88. The van der Waals surface area contributed by atoms with Crippen molar-refractivity contribution in [3.05, 3.63) is 23.8 Å². The molecule has 1 aromatic rings. The summed E-state index contributed by atoms with van der Waals surface area (Å²) in [4.78, 5) is 27.0. The minimum absolute atomic E-state index is 0.0575. The van der Waals surface area contributed by atoms with E-state index in [0.29, 0.717) is 23.7 Å². The zero-order valence-corrected chi connectivity index (χ0v) is 16.6. The Labute approximate surface area is 156 Å². The lowest BCUT2D eigenvalue weighted by molar-refractivity contribution is -0.117. The molecule has 2 atom stereocenters. The lowest BCUT2D eigenvalue weighted by atomic mass is 9.99. The van der Waals surface area contributed by atoms with Gasteiger partial charge in [-0.15, -0.1) is 0 Å². The van der Waals surface area contributed by atoms with Gasteiger partial charge in [0.1, 0.15) is 6.04 Å². The number of nitrogens with zero attached hydrogens (tertiary/aromatic N) is 1. The van der Waals surface area contributed by atoms with Crippen molar-refractivity contribution in [2.24, 2.45) is 11.8 Å². The first-order valence-corrected chi connectivity index (χ1v) is 9.57. The van der Waals surface area contributed by atoms with Gasteiger partial charge in [0.2, 0.25) is 5.91 Å². The zero-order valence-electron chi connectivity index (χ0n) is 16.6. The summed E-state index contributed by atoms with van der Waals surface area (Å²) in [6.07, 6.45) is 0. The molecule has 6 nitrogen and oxygen atoms in total. The van der Waals surface area contributed by atoms with Crippen LogP contribution in [0.4, 0.5) is 11.4 Å². The van der Waals surface area contributed by atoms with Crippen molar-refractivity contribution in [3.63, 3.8) is 0 Å². The van der Waals surface area contributed by atoms with Crippen molar-refractivity contribution in [2.45, 2.75) is 40.7 Å². The largest absolute Gasteiger partial charge is 0.372 e. The first-order chi connectivity index (χ1) is 12.3. The molecule has 1 aliphatic rings. The molecule has 0 aliphatic carbocycles. The van der Waals surface area contributed by atoms with E-state index in [9.17, 15) is 9.59 Å². The van der Waals surface area contributed by atoms with Gasteiger partial charge in [0, 0.05) is 18.7 Å². The number of hydrogen-bond donors (Lipinski definition) is 3. The summed E-state index contributed by atoms with van der Waals surface area (Å²) in [7, 11) is 0. The van der Waals surface area contributed by atoms with Crippen molar-refractivity contribution < 1.29 is 9.59 Å². The third-order valence-electron chi connectivity index (χ3n) is 4.88. The Kier molecular flexibility index (Phi) is 7.03. The summed E-state index contributed by atoms with van der Waals surface area (Å²) in [6, 6.07) is 5.15. The Hall–Kier alpha value is -2.08. The molecule has 6 heteroatoms. The number of amides is 2. The van der Waals surface area contributed by atoms with Crippen molar-refractivity contribution >= 4 is 23.2 Å². The molecule has 0 spiro atoms. The van der Waals surface area contributed by atoms with E-state index in [-0.39, 0.29) is 23.8 Å². The zero-order chi connectivity index (χ0) is 19.3. The predicted molar refractivity (Wildman–Crippen MR) is 107 cm³/mol. The van der Waals surface area contributed by atoms with Crippen molar-refractivity contribution in [2.75, 3.05) is 36.8 Å². The number of nitrogens with one attached hydrogen (secondary N) is 3. The van der Waals surface area contributed by atoms with Gasteiger partial charge in [0.25, 0.3) is 5.91 Å². The second-order valence-corrected chi connectivity index (χ2v) is 7.42. The van der Waals surface area contributed by atoms with E-state index in [0.717, 1.165) is 25.3 Å². The van der Waals surface area contributed by atoms with Crippen LogP contribution in [0.15, 0.2) is 18.2 Å². The van der Waals surface area contributed by atoms with Gasteiger partial charge >= 0.3 is 0 Å². The maximum atomic E-state index is 12.5. The molecule has 26 heavy (non-hydrogen) atoms. The van der Waals surface area contributed by atoms with Crippen molar-refractivity contribution in [1.82, 2.24) is 10.2 Å². The van der Waals surface area contributed by atoms with Crippen LogP contribution in [-0.2, 0) is 4.79 Å². The van der Waals surface area contributed by atoms with Crippen LogP contribution in [0.1, 0.15) is 45.0 Å². The van der Waals surface area contributed by atoms with Crippen LogP contribution in [0.2, 0.25) is 0 Å². The van der Waals surface area contributed by atoms with E-state index < -0.39 is 0 Å². The lowest BCUT2D eigenvalue weighted by Gasteiger charge is -2.29. The number of fused-ring (bicyclic) bond motifs is 1. The van der Waals surface area contributed by atoms with Gasteiger partial charge in [0.15, 0.2) is 0 Å². The molecule has 2 rings (SSSR count). The molecule has 1 aromatic carbocycles. The topological polar surface area (TPSA) is 73.5 Å². The van der Waals surface area contributed by atoms with Gasteiger partial charge in [0.05, 0.1) is 11.4 Å². The average Bonchev–Trinajstić information content (AvgIpc) is 2.62. The van der Waals surface area contributed by atoms with Gasteiger partial charge in [-0.1, -0.05) is 34.6 Å². The second kappa shape index (κ2) is 9.03. The van der Waals surface area contributed by atoms with Crippen molar-refractivity contribution in [3.8, 4) is 0 Å². The summed E-state index contributed by atoms with van der Waals surface area (Å²) < 4.78 is 0. The first-order valence-electron chi connectivity index (χ1n) is 9.57. The number of carbonyl (C=O) groups excluding carboxylic acids is 2. The molecule has 0 unspecified atom stereocenters. The molecule has 1 aliphatic heterocycles. The summed E-state index contributed by atoms with van der Waals surface area (Å²) in [6.45, 7) is 14.1. The molecule has 0 aromatic heterocycles. The normalized spacial score (nSPS) is 17.5. The van der Waals surface area contributed by atoms with Crippen LogP contribution in [0.5, 0.6) is 0 Å². The van der Waals surface area contributed by atoms with E-state index in [2.05, 4.69) is 41.6 Å². The number of benzene rings is 1. The van der Waals surface area contributed by atoms with Gasteiger partial charge in [-0.25, -0.2) is 0 Å². The Balaban J connectivity index is 1.97. The second-order valence-electron chi connectivity index (χ2n) is 7.42. The number of rotatable bonds is 8. The highest BCUT2D eigenvalue weighted by molar-refractivity contribution is 6.05. The van der Waals surface area contributed by atoms with Crippen molar-refractivity contribution in [1.29, 1.82) is 0 Å². The third kappa shape index (κ3) is 4.97. The lowest BCUT2D eigenvalue weighted by Crippen LogP contribution is -2.42. The van der Waals surface area contributed by atoms with Gasteiger partial charge in [-0.05, 0) is 43.1 Å². The molecule has 0 fully saturated rings. The SMILES string of the molecule is CCN(CC)C[C@@H](C)CNC(=O)c1ccc2c(c1)NC(=O)[C@H](C(C)C)N2. The quantitative estimate of drug-likeness (QED) is 0.666. The number of hydrogen-bond acceptors (Lipinski definition) is 4. The van der Waals surface area contributed by atoms with Gasteiger partial charge in [-0.2, -0.15) is 0 Å².